The molecule has 0 radical (unpaired) electrons. The number of ether oxygens (including phenoxy) is 3. The highest BCUT2D eigenvalue weighted by Gasteiger charge is 2.24. The zero-order valence-corrected chi connectivity index (χ0v) is 19.1. The first-order chi connectivity index (χ1) is 16.2. The third kappa shape index (κ3) is 5.53. The molecule has 6 heteroatoms. The number of benzene rings is 3. The van der Waals surface area contributed by atoms with E-state index >= 15 is 0 Å². The van der Waals surface area contributed by atoms with Crippen molar-refractivity contribution in [3.8, 4) is 11.5 Å². The van der Waals surface area contributed by atoms with Crippen LogP contribution in [-0.4, -0.2) is 57.9 Å². The van der Waals surface area contributed by atoms with Crippen LogP contribution in [0, 0.1) is 0 Å². The zero-order chi connectivity index (χ0) is 23.0. The van der Waals surface area contributed by atoms with Gasteiger partial charge in [-0.1, -0.05) is 48.5 Å². The number of hydrogen-bond acceptors (Lipinski definition) is 5. The summed E-state index contributed by atoms with van der Waals surface area (Å²) in [7, 11) is 3.25. The van der Waals surface area contributed by atoms with Gasteiger partial charge in [-0.3, -0.25) is 9.69 Å². The number of carbonyl (C=O) groups excluding carboxylic acids is 1. The van der Waals surface area contributed by atoms with Crippen molar-refractivity contribution < 1.29 is 19.0 Å². The molecule has 1 aliphatic heterocycles. The fraction of sp³-hybridized carbons (Fsp3) is 0.296. The Bertz CT molecular complexity index is 1120. The fourth-order valence-corrected chi connectivity index (χ4v) is 4.22. The molecule has 0 saturated carbocycles. The van der Waals surface area contributed by atoms with Crippen molar-refractivity contribution >= 4 is 22.8 Å². The minimum Gasteiger partial charge on any atom is -0.493 e. The molecule has 1 amide bonds. The highest BCUT2D eigenvalue weighted by atomic mass is 16.5. The lowest BCUT2D eigenvalue weighted by Crippen LogP contribution is -2.43. The third-order valence-corrected chi connectivity index (χ3v) is 5.99. The number of nitrogens with zero attached hydrogens (tertiary/aromatic N) is 1. The van der Waals surface area contributed by atoms with Crippen molar-refractivity contribution in [3.63, 3.8) is 0 Å². The van der Waals surface area contributed by atoms with Crippen LogP contribution in [0.3, 0.4) is 0 Å². The van der Waals surface area contributed by atoms with Gasteiger partial charge in [-0.05, 0) is 40.1 Å². The number of hydrogen-bond donors (Lipinski definition) is 1. The molecule has 1 atom stereocenters. The Balaban J connectivity index is 1.49. The number of nitrogens with one attached hydrogen (secondary N) is 1. The number of carbonyl (C=O) groups is 1. The molecule has 1 aliphatic rings. The standard InChI is InChI=1S/C27H30N2O4/c1-31-25-12-10-22(18-26(25)32-2)24(29-14-16-33-17-15-29)19-28-27(30)13-11-21-8-5-7-20-6-3-4-9-23(20)21/h3-13,18,24H,14-17,19H2,1-2H3,(H,28,30)/b13-11+. The number of rotatable bonds is 8. The van der Waals surface area contributed by atoms with Gasteiger partial charge in [0.1, 0.15) is 0 Å². The van der Waals surface area contributed by atoms with Crippen LogP contribution in [0.5, 0.6) is 11.5 Å². The van der Waals surface area contributed by atoms with E-state index in [4.69, 9.17) is 14.2 Å². The van der Waals surface area contributed by atoms with Crippen molar-refractivity contribution in [3.05, 3.63) is 77.9 Å². The van der Waals surface area contributed by atoms with Crippen LogP contribution in [-0.2, 0) is 9.53 Å². The summed E-state index contributed by atoms with van der Waals surface area (Å²) in [5, 5.41) is 5.36. The molecule has 0 aliphatic carbocycles. The molecule has 33 heavy (non-hydrogen) atoms. The molecule has 1 heterocycles. The Morgan fingerprint density at radius 2 is 1.79 bits per heavy atom. The minimum absolute atomic E-state index is 0.00334. The molecule has 3 aromatic rings. The summed E-state index contributed by atoms with van der Waals surface area (Å²) >= 11 is 0. The summed E-state index contributed by atoms with van der Waals surface area (Å²) in [4.78, 5) is 15.0. The first-order valence-electron chi connectivity index (χ1n) is 11.2. The van der Waals surface area contributed by atoms with Crippen LogP contribution in [0.1, 0.15) is 17.2 Å². The maximum Gasteiger partial charge on any atom is 0.244 e. The average molecular weight is 447 g/mol. The van der Waals surface area contributed by atoms with Crippen LogP contribution in [0.2, 0.25) is 0 Å². The largest absolute Gasteiger partial charge is 0.493 e. The lowest BCUT2D eigenvalue weighted by Gasteiger charge is -2.35. The van der Waals surface area contributed by atoms with Gasteiger partial charge in [-0.15, -0.1) is 0 Å². The lowest BCUT2D eigenvalue weighted by atomic mass is 10.0. The van der Waals surface area contributed by atoms with Gasteiger partial charge in [-0.2, -0.15) is 0 Å². The smallest absolute Gasteiger partial charge is 0.244 e. The van der Waals surface area contributed by atoms with E-state index in [2.05, 4.69) is 28.4 Å². The van der Waals surface area contributed by atoms with E-state index in [-0.39, 0.29) is 11.9 Å². The predicted molar refractivity (Wildman–Crippen MR) is 131 cm³/mol. The normalized spacial score (nSPS) is 15.5. The number of morpholine rings is 1. The molecular formula is C27H30N2O4. The minimum atomic E-state index is -0.123. The van der Waals surface area contributed by atoms with Gasteiger partial charge in [0.05, 0.1) is 33.5 Å². The van der Waals surface area contributed by atoms with E-state index in [9.17, 15) is 4.79 Å². The van der Waals surface area contributed by atoms with Crippen LogP contribution < -0.4 is 14.8 Å². The van der Waals surface area contributed by atoms with E-state index in [0.717, 1.165) is 35.0 Å². The van der Waals surface area contributed by atoms with Crippen molar-refractivity contribution in [1.29, 1.82) is 0 Å². The molecule has 4 rings (SSSR count). The quantitative estimate of drug-likeness (QED) is 0.529. The molecule has 0 aromatic heterocycles. The predicted octanol–water partition coefficient (Wildman–Crippen LogP) is 4.06. The highest BCUT2D eigenvalue weighted by Crippen LogP contribution is 2.32. The maximum atomic E-state index is 12.7. The van der Waals surface area contributed by atoms with Gasteiger partial charge in [0, 0.05) is 25.7 Å². The highest BCUT2D eigenvalue weighted by molar-refractivity contribution is 5.96. The summed E-state index contributed by atoms with van der Waals surface area (Å²) in [6, 6.07) is 20.2. The summed E-state index contributed by atoms with van der Waals surface area (Å²) < 4.78 is 16.4. The van der Waals surface area contributed by atoms with Crippen molar-refractivity contribution in [2.45, 2.75) is 6.04 Å². The molecule has 172 valence electrons. The van der Waals surface area contributed by atoms with E-state index in [1.165, 1.54) is 0 Å². The van der Waals surface area contributed by atoms with E-state index in [1.54, 1.807) is 20.3 Å². The van der Waals surface area contributed by atoms with E-state index < -0.39 is 0 Å². The molecule has 1 fully saturated rings. The number of amides is 1. The Kier molecular flexibility index (Phi) is 7.60. The van der Waals surface area contributed by atoms with Crippen LogP contribution in [0.4, 0.5) is 0 Å². The van der Waals surface area contributed by atoms with Crippen molar-refractivity contribution in [2.24, 2.45) is 0 Å². The monoisotopic (exact) mass is 446 g/mol. The molecule has 1 N–H and O–H groups in total. The first kappa shape index (κ1) is 22.8. The molecular weight excluding hydrogens is 416 g/mol. The van der Waals surface area contributed by atoms with Crippen LogP contribution in [0.25, 0.3) is 16.8 Å². The van der Waals surface area contributed by atoms with Gasteiger partial charge in [-0.25, -0.2) is 0 Å². The second-order valence-electron chi connectivity index (χ2n) is 7.93. The molecule has 1 unspecified atom stereocenters. The van der Waals surface area contributed by atoms with Crippen molar-refractivity contribution in [2.75, 3.05) is 47.1 Å². The van der Waals surface area contributed by atoms with Gasteiger partial charge in [0.25, 0.3) is 0 Å². The van der Waals surface area contributed by atoms with Gasteiger partial charge < -0.3 is 19.5 Å². The molecule has 3 aromatic carbocycles. The molecule has 6 nitrogen and oxygen atoms in total. The molecule has 0 spiro atoms. The zero-order valence-electron chi connectivity index (χ0n) is 19.1. The Morgan fingerprint density at radius 3 is 2.58 bits per heavy atom. The second kappa shape index (κ2) is 11.0. The Labute approximate surface area is 194 Å². The summed E-state index contributed by atoms with van der Waals surface area (Å²) in [6.07, 6.45) is 3.48. The van der Waals surface area contributed by atoms with Gasteiger partial charge in [0.2, 0.25) is 5.91 Å². The first-order valence-corrected chi connectivity index (χ1v) is 11.2. The molecule has 0 bridgehead atoms. The Morgan fingerprint density at radius 1 is 1.03 bits per heavy atom. The summed E-state index contributed by atoms with van der Waals surface area (Å²) in [5.74, 6) is 1.24. The van der Waals surface area contributed by atoms with Crippen LogP contribution >= 0.6 is 0 Å². The summed E-state index contributed by atoms with van der Waals surface area (Å²) in [6.45, 7) is 3.45. The van der Waals surface area contributed by atoms with E-state index in [1.807, 2.05) is 48.5 Å². The SMILES string of the molecule is COc1ccc(C(CNC(=O)/C=C/c2cccc3ccccc23)N2CCOCC2)cc1OC. The van der Waals surface area contributed by atoms with E-state index in [0.29, 0.717) is 31.3 Å². The number of methoxy groups -OCH3 is 2. The third-order valence-electron chi connectivity index (χ3n) is 5.99. The topological polar surface area (TPSA) is 60.0 Å². The van der Waals surface area contributed by atoms with Gasteiger partial charge >= 0.3 is 0 Å². The Hall–Kier alpha value is -3.35. The second-order valence-corrected chi connectivity index (χ2v) is 7.93. The molecule has 1 saturated heterocycles. The van der Waals surface area contributed by atoms with Crippen molar-refractivity contribution in [1.82, 2.24) is 10.2 Å². The number of fused-ring (bicyclic) bond motifs is 1. The maximum absolute atomic E-state index is 12.7. The van der Waals surface area contributed by atoms with Gasteiger partial charge in [0.15, 0.2) is 11.5 Å². The lowest BCUT2D eigenvalue weighted by molar-refractivity contribution is -0.116. The fourth-order valence-electron chi connectivity index (χ4n) is 4.22. The van der Waals surface area contributed by atoms with Crippen LogP contribution in [0.15, 0.2) is 66.7 Å². The summed E-state index contributed by atoms with van der Waals surface area (Å²) in [5.41, 5.74) is 2.08. The average Bonchev–Trinajstić information content (AvgIpc) is 2.88.